The van der Waals surface area contributed by atoms with Crippen LogP contribution in [0.1, 0.15) is 0 Å². The molecule has 2 nitrogen and oxygen atoms in total. The fourth-order valence-corrected chi connectivity index (χ4v) is 10.5. The Balaban J connectivity index is 0.975. The average molecular weight is 865 g/mol. The molecule has 0 saturated carbocycles. The lowest BCUT2D eigenvalue weighted by atomic mass is 9.91. The molecule has 0 saturated heterocycles. The number of hydrogen-bond donors (Lipinski definition) is 0. The highest BCUT2D eigenvalue weighted by Crippen LogP contribution is 2.45. The molecule has 0 aliphatic heterocycles. The Morgan fingerprint density at radius 3 is 1.46 bits per heavy atom. The van der Waals surface area contributed by atoms with Gasteiger partial charge in [0.1, 0.15) is 0 Å². The van der Waals surface area contributed by atoms with Gasteiger partial charge < -0.3 is 9.47 Å². The van der Waals surface area contributed by atoms with Crippen LogP contribution in [0.5, 0.6) is 0 Å². The molecule has 0 N–H and O–H groups in total. The minimum Gasteiger partial charge on any atom is -0.310 e. The minimum atomic E-state index is 1.07. The zero-order chi connectivity index (χ0) is 45.0. The molecule has 0 fully saturated rings. The fourth-order valence-electron chi connectivity index (χ4n) is 10.5. The van der Waals surface area contributed by atoms with Crippen molar-refractivity contribution >= 4 is 71.2 Å². The fraction of sp³-hybridized carbons (Fsp3) is 0. The van der Waals surface area contributed by atoms with Crippen LogP contribution in [0.15, 0.2) is 267 Å². The summed E-state index contributed by atoms with van der Waals surface area (Å²) >= 11 is 0. The summed E-state index contributed by atoms with van der Waals surface area (Å²) in [6.07, 6.45) is 0. The second-order valence-electron chi connectivity index (χ2n) is 17.7. The molecule has 0 radical (unpaired) electrons. The van der Waals surface area contributed by atoms with E-state index in [0.29, 0.717) is 0 Å². The van der Waals surface area contributed by atoms with Crippen molar-refractivity contribution in [3.8, 4) is 50.2 Å². The Bertz CT molecular complexity index is 3960. The quantitative estimate of drug-likeness (QED) is 0.138. The molecule has 0 unspecified atom stereocenters. The molecule has 12 aromatic carbocycles. The van der Waals surface area contributed by atoms with E-state index in [-0.39, 0.29) is 0 Å². The molecular formula is C66H44N2. The van der Waals surface area contributed by atoms with Crippen LogP contribution in [0.3, 0.4) is 0 Å². The first-order chi connectivity index (χ1) is 33.7. The van der Waals surface area contributed by atoms with Gasteiger partial charge in [0, 0.05) is 33.4 Å². The van der Waals surface area contributed by atoms with Crippen molar-refractivity contribution in [2.24, 2.45) is 0 Å². The number of fused-ring (bicyclic) bond motifs is 7. The van der Waals surface area contributed by atoms with E-state index < -0.39 is 0 Å². The summed E-state index contributed by atoms with van der Waals surface area (Å²) in [5, 5.41) is 9.99. The third-order valence-electron chi connectivity index (χ3n) is 13.8. The molecule has 318 valence electrons. The Morgan fingerprint density at radius 1 is 0.250 bits per heavy atom. The number of benzene rings is 12. The molecule has 0 amide bonds. The van der Waals surface area contributed by atoms with Crippen molar-refractivity contribution in [1.82, 2.24) is 4.57 Å². The molecule has 0 aliphatic rings. The monoisotopic (exact) mass is 864 g/mol. The summed E-state index contributed by atoms with van der Waals surface area (Å²) in [5.74, 6) is 0. The third-order valence-corrected chi connectivity index (χ3v) is 13.8. The summed E-state index contributed by atoms with van der Waals surface area (Å²) in [6, 6.07) is 97.6. The van der Waals surface area contributed by atoms with Crippen LogP contribution in [-0.2, 0) is 0 Å². The van der Waals surface area contributed by atoms with Crippen molar-refractivity contribution in [3.63, 3.8) is 0 Å². The van der Waals surface area contributed by atoms with Gasteiger partial charge in [-0.3, -0.25) is 0 Å². The number of anilines is 3. The van der Waals surface area contributed by atoms with Crippen molar-refractivity contribution in [2.75, 3.05) is 4.90 Å². The van der Waals surface area contributed by atoms with Gasteiger partial charge in [0.2, 0.25) is 0 Å². The lowest BCUT2D eigenvalue weighted by molar-refractivity contribution is 1.18. The maximum Gasteiger partial charge on any atom is 0.0546 e. The van der Waals surface area contributed by atoms with Gasteiger partial charge >= 0.3 is 0 Å². The van der Waals surface area contributed by atoms with Crippen LogP contribution in [-0.4, -0.2) is 4.57 Å². The Labute approximate surface area is 395 Å². The summed E-state index contributed by atoms with van der Waals surface area (Å²) in [4.78, 5) is 2.44. The standard InChI is InChI=1S/C66H44N2/c1-2-16-48(17-3-1)58-40-35-53(63-43-52-19-6-7-22-57(52)59-23-8-9-24-60(59)63)44-66(58)67(55-38-33-47(34-39-55)51-30-29-45-15-4-5-18-49(45)41-51)54-36-31-46(32-37-54)50-20-14-21-56(42-50)68-64-27-12-10-25-61(64)62-26-11-13-28-65(62)68/h1-44H. The van der Waals surface area contributed by atoms with Crippen molar-refractivity contribution in [3.05, 3.63) is 267 Å². The van der Waals surface area contributed by atoms with E-state index >= 15 is 0 Å². The molecule has 0 aliphatic carbocycles. The molecule has 0 spiro atoms. The first kappa shape index (κ1) is 39.4. The van der Waals surface area contributed by atoms with Gasteiger partial charge in [0.05, 0.1) is 16.7 Å². The van der Waals surface area contributed by atoms with Crippen LogP contribution in [0.2, 0.25) is 0 Å². The summed E-state index contributed by atoms with van der Waals surface area (Å²) in [6.45, 7) is 0. The molecule has 0 atom stereocenters. The lowest BCUT2D eigenvalue weighted by Gasteiger charge is -2.29. The van der Waals surface area contributed by atoms with Crippen LogP contribution < -0.4 is 4.90 Å². The van der Waals surface area contributed by atoms with Gasteiger partial charge in [0.15, 0.2) is 0 Å². The van der Waals surface area contributed by atoms with E-state index in [9.17, 15) is 0 Å². The molecule has 1 aromatic heterocycles. The summed E-state index contributed by atoms with van der Waals surface area (Å²) in [5.41, 5.74) is 16.2. The highest BCUT2D eigenvalue weighted by molar-refractivity contribution is 6.14. The topological polar surface area (TPSA) is 8.17 Å². The van der Waals surface area contributed by atoms with E-state index in [1.54, 1.807) is 0 Å². The Hall–Kier alpha value is -8.98. The molecule has 1 heterocycles. The number of rotatable bonds is 8. The molecule has 13 aromatic rings. The van der Waals surface area contributed by atoms with E-state index in [1.165, 1.54) is 70.8 Å². The number of hydrogen-bond acceptors (Lipinski definition) is 1. The van der Waals surface area contributed by atoms with Gasteiger partial charge in [-0.15, -0.1) is 0 Å². The Kier molecular flexibility index (Phi) is 9.54. The van der Waals surface area contributed by atoms with Crippen LogP contribution in [0, 0.1) is 0 Å². The predicted molar refractivity (Wildman–Crippen MR) is 290 cm³/mol. The van der Waals surface area contributed by atoms with Crippen molar-refractivity contribution in [2.45, 2.75) is 0 Å². The van der Waals surface area contributed by atoms with Crippen LogP contribution >= 0.6 is 0 Å². The van der Waals surface area contributed by atoms with Crippen LogP contribution in [0.4, 0.5) is 17.1 Å². The molecule has 2 heteroatoms. The first-order valence-corrected chi connectivity index (χ1v) is 23.4. The Morgan fingerprint density at radius 2 is 0.765 bits per heavy atom. The second kappa shape index (κ2) is 16.5. The predicted octanol–water partition coefficient (Wildman–Crippen LogP) is 18.4. The summed E-state index contributed by atoms with van der Waals surface area (Å²) < 4.78 is 2.39. The first-order valence-electron chi connectivity index (χ1n) is 23.4. The number of para-hydroxylation sites is 2. The lowest BCUT2D eigenvalue weighted by Crippen LogP contribution is -2.11. The zero-order valence-corrected chi connectivity index (χ0v) is 37.3. The molecular weight excluding hydrogens is 821 g/mol. The van der Waals surface area contributed by atoms with E-state index in [4.69, 9.17) is 0 Å². The average Bonchev–Trinajstić information content (AvgIpc) is 3.76. The molecule has 68 heavy (non-hydrogen) atoms. The highest BCUT2D eigenvalue weighted by atomic mass is 15.1. The molecule has 13 rings (SSSR count). The maximum absolute atomic E-state index is 2.44. The zero-order valence-electron chi connectivity index (χ0n) is 37.3. The SMILES string of the molecule is c1ccc(-c2ccc(-c3cc4ccccc4c4ccccc34)cc2N(c2ccc(-c3cccc(-n4c5ccccc5c5ccccc54)c3)cc2)c2ccc(-c3ccc4ccccc4c3)cc2)cc1. The number of aromatic nitrogens is 1. The van der Waals surface area contributed by atoms with Gasteiger partial charge in [-0.05, 0) is 138 Å². The maximum atomic E-state index is 2.44. The summed E-state index contributed by atoms with van der Waals surface area (Å²) in [7, 11) is 0. The minimum absolute atomic E-state index is 1.07. The smallest absolute Gasteiger partial charge is 0.0546 e. The van der Waals surface area contributed by atoms with Crippen molar-refractivity contribution in [1.29, 1.82) is 0 Å². The number of nitrogens with zero attached hydrogens (tertiary/aromatic N) is 2. The van der Waals surface area contributed by atoms with Gasteiger partial charge in [0.25, 0.3) is 0 Å². The third kappa shape index (κ3) is 6.82. The van der Waals surface area contributed by atoms with E-state index in [1.807, 2.05) is 0 Å². The van der Waals surface area contributed by atoms with Gasteiger partial charge in [-0.1, -0.05) is 200 Å². The van der Waals surface area contributed by atoms with Crippen molar-refractivity contribution < 1.29 is 0 Å². The van der Waals surface area contributed by atoms with E-state index in [2.05, 4.69) is 276 Å². The largest absolute Gasteiger partial charge is 0.310 e. The second-order valence-corrected chi connectivity index (χ2v) is 17.7. The van der Waals surface area contributed by atoms with Gasteiger partial charge in [-0.2, -0.15) is 0 Å². The van der Waals surface area contributed by atoms with E-state index in [0.717, 1.165) is 50.6 Å². The highest BCUT2D eigenvalue weighted by Gasteiger charge is 2.21. The normalized spacial score (nSPS) is 11.5. The van der Waals surface area contributed by atoms with Gasteiger partial charge in [-0.25, -0.2) is 0 Å². The molecule has 0 bridgehead atoms. The van der Waals surface area contributed by atoms with Crippen LogP contribution in [0.25, 0.3) is 104 Å².